The molecule has 39 heavy (non-hydrogen) atoms. The predicted molar refractivity (Wildman–Crippen MR) is 148 cm³/mol. The first kappa shape index (κ1) is 35.3. The largest absolute Gasteiger partial charge is 0.673 e. The van der Waals surface area contributed by atoms with Crippen molar-refractivity contribution in [2.75, 3.05) is 20.7 Å². The van der Waals surface area contributed by atoms with E-state index in [-0.39, 0.29) is 6.61 Å². The summed E-state index contributed by atoms with van der Waals surface area (Å²) in [6.07, 6.45) is 5.05. The molecule has 7 nitrogen and oxygen atoms in total. The summed E-state index contributed by atoms with van der Waals surface area (Å²) in [4.78, 5) is 13.8. The van der Waals surface area contributed by atoms with E-state index >= 15 is 0 Å². The van der Waals surface area contributed by atoms with Gasteiger partial charge in [-0.15, -0.1) is 4.31 Å². The third-order valence-electron chi connectivity index (χ3n) is 6.17. The Morgan fingerprint density at radius 1 is 1.13 bits per heavy atom. The normalized spacial score (nSPS) is 20.7. The molecule has 3 atom stereocenters. The van der Waals surface area contributed by atoms with E-state index in [1.165, 1.54) is 0 Å². The zero-order chi connectivity index (χ0) is 30.1. The molecule has 0 radical (unpaired) electrons. The first-order valence-electron chi connectivity index (χ1n) is 12.9. The number of nitrogens with zero attached hydrogens (tertiary/aromatic N) is 1. The molecule has 0 aromatic heterocycles. The molecule has 2 rings (SSSR count). The third-order valence-corrected chi connectivity index (χ3v) is 11.0. The van der Waals surface area contributed by atoms with Gasteiger partial charge in [0.2, 0.25) is 20.1 Å². The molecule has 1 unspecified atom stereocenters. The Morgan fingerprint density at radius 3 is 2.15 bits per heavy atom. The Labute approximate surface area is 231 Å². The number of nitrogens with one attached hydrogen (secondary N) is 1. The summed E-state index contributed by atoms with van der Waals surface area (Å²) in [6, 6.07) is 8.18. The Kier molecular flexibility index (Phi) is 13.3. The lowest BCUT2D eigenvalue weighted by molar-refractivity contribution is -0.146. The van der Waals surface area contributed by atoms with Crippen LogP contribution in [0.15, 0.2) is 46.2 Å². The average Bonchev–Trinajstić information content (AvgIpc) is 2.78. The number of benzene rings is 1. The summed E-state index contributed by atoms with van der Waals surface area (Å²) in [5.41, 5.74) is 0.844. The summed E-state index contributed by atoms with van der Waals surface area (Å²) in [5, 5.41) is 1.79. The summed E-state index contributed by atoms with van der Waals surface area (Å²) in [5.74, 6) is -1.04. The van der Waals surface area contributed by atoms with Crippen LogP contribution in [0.4, 0.5) is 17.3 Å². The van der Waals surface area contributed by atoms with Crippen LogP contribution in [0.2, 0.25) is 0 Å². The van der Waals surface area contributed by atoms with E-state index in [2.05, 4.69) is 4.72 Å². The van der Waals surface area contributed by atoms with Gasteiger partial charge in [-0.25, -0.2) is 8.42 Å². The van der Waals surface area contributed by atoms with E-state index in [0.717, 1.165) is 31.3 Å². The summed E-state index contributed by atoms with van der Waals surface area (Å²) >= 11 is 0. The van der Waals surface area contributed by atoms with Crippen LogP contribution < -0.4 is 4.72 Å². The van der Waals surface area contributed by atoms with Crippen LogP contribution in [-0.2, 0) is 33.9 Å². The van der Waals surface area contributed by atoms with Gasteiger partial charge >= 0.3 is 13.2 Å². The topological polar surface area (TPSA) is 92.8 Å². The first-order valence-corrected chi connectivity index (χ1v) is 15.9. The lowest BCUT2D eigenvalue weighted by Gasteiger charge is -2.32. The van der Waals surface area contributed by atoms with E-state index in [1.54, 1.807) is 51.5 Å². The van der Waals surface area contributed by atoms with Gasteiger partial charge in [-0.2, -0.15) is 4.72 Å². The molecule has 1 aromatic carbocycles. The lowest BCUT2D eigenvalue weighted by Crippen LogP contribution is -2.52. The zero-order valence-corrected chi connectivity index (χ0v) is 25.1. The molecular formula is C25H41BF4N2O5S2. The van der Waals surface area contributed by atoms with Gasteiger partial charge in [-0.1, -0.05) is 41.7 Å². The molecule has 1 fully saturated rings. The highest BCUT2D eigenvalue weighted by Crippen LogP contribution is 2.35. The second-order valence-electron chi connectivity index (χ2n) is 10.4. The second kappa shape index (κ2) is 14.7. The maximum Gasteiger partial charge on any atom is 0.673 e. The fraction of sp³-hybridized carbons (Fsp3) is 0.640. The molecule has 1 saturated carbocycles. The molecule has 1 aliphatic carbocycles. The van der Waals surface area contributed by atoms with Crippen molar-refractivity contribution in [3.8, 4) is 0 Å². The minimum atomic E-state index is -6.00. The average molecular weight is 601 g/mol. The van der Waals surface area contributed by atoms with E-state index < -0.39 is 50.1 Å². The number of rotatable bonds is 8. The van der Waals surface area contributed by atoms with Crippen LogP contribution in [0.3, 0.4) is 0 Å². The molecule has 14 heteroatoms. The number of halogens is 4. The third kappa shape index (κ3) is 11.3. The van der Waals surface area contributed by atoms with Gasteiger partial charge in [-0.05, 0) is 64.7 Å². The number of carbonyl (C=O) groups excluding carboxylic acids is 1. The number of hydrogen-bond donors (Lipinski definition) is 1. The number of hydrogen-bond acceptors (Lipinski definition) is 5. The monoisotopic (exact) mass is 600 g/mol. The van der Waals surface area contributed by atoms with Crippen LogP contribution in [0, 0.1) is 5.92 Å². The van der Waals surface area contributed by atoms with E-state index in [4.69, 9.17) is 4.74 Å². The Balaban J connectivity index is 0.00000139. The fourth-order valence-electron chi connectivity index (χ4n) is 4.02. The number of carbonyl (C=O) groups is 1. The molecule has 1 N–H and O–H groups in total. The highest BCUT2D eigenvalue weighted by molar-refractivity contribution is 8.03. The van der Waals surface area contributed by atoms with Crippen molar-refractivity contribution in [3.05, 3.63) is 41.3 Å². The zero-order valence-electron chi connectivity index (χ0n) is 23.5. The summed E-state index contributed by atoms with van der Waals surface area (Å²) in [7, 11) is -9.03. The van der Waals surface area contributed by atoms with Gasteiger partial charge < -0.3 is 22.0 Å². The van der Waals surface area contributed by atoms with E-state index in [1.807, 2.05) is 30.3 Å². The maximum absolute atomic E-state index is 14.3. The molecule has 1 aromatic rings. The Morgan fingerprint density at radius 2 is 1.67 bits per heavy atom. The molecule has 1 aliphatic rings. The minimum Gasteiger partial charge on any atom is -0.465 e. The Bertz CT molecular complexity index is 1100. The minimum absolute atomic E-state index is 0.150. The van der Waals surface area contributed by atoms with Gasteiger partial charge in [0.25, 0.3) is 0 Å². The molecule has 0 amide bonds. The van der Waals surface area contributed by atoms with Crippen molar-refractivity contribution < 1.29 is 39.4 Å². The molecular weight excluding hydrogens is 559 g/mol. The van der Waals surface area contributed by atoms with Crippen LogP contribution in [0.5, 0.6) is 0 Å². The van der Waals surface area contributed by atoms with Crippen LogP contribution in [0.25, 0.3) is 0 Å². The number of sulfonamides is 1. The standard InChI is InChI=1S/C25H41N2O5S2.BF4/c1-7-32-24(28)23(26-34(30,31)25(2,3)4)22-18-14-9-8-11-15-20(22)19-33(29,27(5)6)21-16-12-10-13-17-21;2-1(3,4)5/h10,12-13,16-17,19,22-23,26H,7-9,11,14-15,18H2,1-6H3;/q+1;-1/b20-19-;/t22-,23+,33?;/m1./s1. The van der Waals surface area contributed by atoms with Gasteiger partial charge in [0.15, 0.2) is 4.90 Å². The van der Waals surface area contributed by atoms with E-state index in [9.17, 15) is 34.7 Å². The van der Waals surface area contributed by atoms with Crippen molar-refractivity contribution in [1.82, 2.24) is 9.03 Å². The summed E-state index contributed by atoms with van der Waals surface area (Å²) in [6.45, 7) is 6.65. The maximum atomic E-state index is 14.3. The molecule has 0 saturated heterocycles. The van der Waals surface area contributed by atoms with Crippen molar-refractivity contribution >= 4 is 33.4 Å². The van der Waals surface area contributed by atoms with Crippen LogP contribution in [-0.4, -0.2) is 57.4 Å². The lowest BCUT2D eigenvalue weighted by atomic mass is 9.83. The van der Waals surface area contributed by atoms with Crippen molar-refractivity contribution in [1.29, 1.82) is 0 Å². The molecule has 0 heterocycles. The number of esters is 1. The van der Waals surface area contributed by atoms with Gasteiger partial charge in [0.05, 0.1) is 11.4 Å². The number of ether oxygens (including phenoxy) is 1. The van der Waals surface area contributed by atoms with Gasteiger partial charge in [0, 0.05) is 20.0 Å². The molecule has 224 valence electrons. The second-order valence-corrected chi connectivity index (χ2v) is 15.4. The SMILES string of the molecule is CCOC(=O)[C@@H](NS(=O)(=O)C(C)(C)C)[C@@H]1CCCCCC/C1=C/[S+](=O)(c1ccccc1)N(C)C.F[B-](F)(F)F. The predicted octanol–water partition coefficient (Wildman–Crippen LogP) is 5.83. The van der Waals surface area contributed by atoms with Crippen LogP contribution >= 0.6 is 0 Å². The highest BCUT2D eigenvalue weighted by atomic mass is 32.3. The van der Waals surface area contributed by atoms with Crippen molar-refractivity contribution in [2.24, 2.45) is 5.92 Å². The van der Waals surface area contributed by atoms with Gasteiger partial charge in [-0.3, -0.25) is 4.79 Å². The van der Waals surface area contributed by atoms with Crippen LogP contribution in [0.1, 0.15) is 66.2 Å². The molecule has 0 bridgehead atoms. The fourth-order valence-corrected chi connectivity index (χ4v) is 6.99. The Hall–Kier alpha value is -1.77. The molecule has 0 aliphatic heterocycles. The highest BCUT2D eigenvalue weighted by Gasteiger charge is 2.42. The smallest absolute Gasteiger partial charge is 0.465 e. The quantitative estimate of drug-likeness (QED) is 0.176. The van der Waals surface area contributed by atoms with Crippen molar-refractivity contribution in [3.63, 3.8) is 0 Å². The van der Waals surface area contributed by atoms with Crippen molar-refractivity contribution in [2.45, 2.75) is 81.9 Å². The first-order chi connectivity index (χ1) is 17.8. The molecule has 0 spiro atoms. The summed E-state index contributed by atoms with van der Waals surface area (Å²) < 4.78 is 88.0. The van der Waals surface area contributed by atoms with E-state index in [0.29, 0.717) is 17.7 Å². The van der Waals surface area contributed by atoms with Gasteiger partial charge in [0.1, 0.15) is 11.4 Å².